The fourth-order valence-corrected chi connectivity index (χ4v) is 3.49. The molecule has 0 aliphatic carbocycles. The second-order valence-electron chi connectivity index (χ2n) is 5.98. The zero-order valence-electron chi connectivity index (χ0n) is 12.9. The lowest BCUT2D eigenvalue weighted by Gasteiger charge is -2.36. The molecule has 1 aliphatic heterocycles. The van der Waals surface area contributed by atoms with Crippen molar-refractivity contribution in [2.75, 3.05) is 11.4 Å². The number of para-hydroxylation sites is 2. The lowest BCUT2D eigenvalue weighted by Crippen LogP contribution is -2.27. The molecule has 0 saturated heterocycles. The lowest BCUT2D eigenvalue weighted by molar-refractivity contribution is 0.475. The van der Waals surface area contributed by atoms with Crippen molar-refractivity contribution in [3.63, 3.8) is 0 Å². The van der Waals surface area contributed by atoms with Gasteiger partial charge in [0, 0.05) is 23.8 Å². The molecule has 0 aromatic heterocycles. The van der Waals surface area contributed by atoms with E-state index in [1.54, 1.807) is 12.1 Å². The Morgan fingerprint density at radius 2 is 1.48 bits per heavy atom. The number of hydrogen-bond donors (Lipinski definition) is 1. The normalized spacial score (nSPS) is 16.9. The van der Waals surface area contributed by atoms with Gasteiger partial charge in [-0.15, -0.1) is 0 Å². The monoisotopic (exact) mass is 301 g/mol. The molecule has 0 spiro atoms. The molecule has 4 rings (SSSR count). The number of phenols is 1. The van der Waals surface area contributed by atoms with Crippen LogP contribution in [0.15, 0.2) is 78.9 Å². The van der Waals surface area contributed by atoms with E-state index >= 15 is 0 Å². The highest BCUT2D eigenvalue weighted by atomic mass is 16.3. The molecular formula is C21H19NO. The zero-order chi connectivity index (χ0) is 15.6. The third-order valence-electron chi connectivity index (χ3n) is 4.61. The molecule has 1 unspecified atom stereocenters. The molecule has 0 saturated carbocycles. The number of phenolic OH excluding ortho intramolecular Hbond substituents is 1. The molecule has 1 aliphatic rings. The third kappa shape index (κ3) is 2.57. The molecule has 2 nitrogen and oxygen atoms in total. The molecule has 3 aromatic carbocycles. The summed E-state index contributed by atoms with van der Waals surface area (Å²) in [6.07, 6.45) is 1.07. The SMILES string of the molecule is Oc1ccc(C2CCN(c3ccccc3)c3ccccc32)cc1. The van der Waals surface area contributed by atoms with Gasteiger partial charge in [-0.05, 0) is 47.9 Å². The first kappa shape index (κ1) is 13.9. The van der Waals surface area contributed by atoms with Crippen LogP contribution in [0.3, 0.4) is 0 Å². The topological polar surface area (TPSA) is 23.5 Å². The average Bonchev–Trinajstić information content (AvgIpc) is 2.62. The maximum absolute atomic E-state index is 9.53. The fraction of sp³-hybridized carbons (Fsp3) is 0.143. The Kier molecular flexibility index (Phi) is 3.51. The quantitative estimate of drug-likeness (QED) is 0.714. The van der Waals surface area contributed by atoms with Crippen LogP contribution in [0.5, 0.6) is 5.75 Å². The first-order chi connectivity index (χ1) is 11.3. The van der Waals surface area contributed by atoms with Gasteiger partial charge in [0.2, 0.25) is 0 Å². The van der Waals surface area contributed by atoms with Gasteiger partial charge in [0.1, 0.15) is 5.75 Å². The minimum absolute atomic E-state index is 0.323. The molecule has 3 aromatic rings. The maximum atomic E-state index is 9.53. The van der Waals surface area contributed by atoms with Crippen LogP contribution in [0.4, 0.5) is 11.4 Å². The van der Waals surface area contributed by atoms with Crippen molar-refractivity contribution < 1.29 is 5.11 Å². The van der Waals surface area contributed by atoms with Crippen LogP contribution < -0.4 is 4.90 Å². The molecule has 0 amide bonds. The van der Waals surface area contributed by atoms with E-state index in [1.165, 1.54) is 22.5 Å². The summed E-state index contributed by atoms with van der Waals surface area (Å²) in [6, 6.07) is 26.8. The van der Waals surface area contributed by atoms with E-state index in [-0.39, 0.29) is 0 Å². The predicted octanol–water partition coefficient (Wildman–Crippen LogP) is 5.07. The molecular weight excluding hydrogens is 282 g/mol. The van der Waals surface area contributed by atoms with E-state index in [1.807, 2.05) is 12.1 Å². The van der Waals surface area contributed by atoms with Crippen LogP contribution in [-0.4, -0.2) is 11.7 Å². The van der Waals surface area contributed by atoms with Gasteiger partial charge in [-0.3, -0.25) is 0 Å². The van der Waals surface area contributed by atoms with Gasteiger partial charge in [-0.1, -0.05) is 48.5 Å². The molecule has 0 fully saturated rings. The van der Waals surface area contributed by atoms with Gasteiger partial charge < -0.3 is 10.0 Å². The third-order valence-corrected chi connectivity index (χ3v) is 4.61. The Hall–Kier alpha value is -2.74. The smallest absolute Gasteiger partial charge is 0.115 e. The van der Waals surface area contributed by atoms with Gasteiger partial charge in [0.05, 0.1) is 0 Å². The van der Waals surface area contributed by atoms with E-state index in [0.717, 1.165) is 13.0 Å². The molecule has 1 N–H and O–H groups in total. The van der Waals surface area contributed by atoms with E-state index in [9.17, 15) is 5.11 Å². The van der Waals surface area contributed by atoms with Gasteiger partial charge in [0.15, 0.2) is 0 Å². The largest absolute Gasteiger partial charge is 0.508 e. The summed E-state index contributed by atoms with van der Waals surface area (Å²) < 4.78 is 0. The van der Waals surface area contributed by atoms with E-state index < -0.39 is 0 Å². The number of nitrogens with zero attached hydrogens (tertiary/aromatic N) is 1. The minimum atomic E-state index is 0.323. The van der Waals surface area contributed by atoms with Crippen LogP contribution in [0, 0.1) is 0 Å². The number of fused-ring (bicyclic) bond motifs is 1. The van der Waals surface area contributed by atoms with Gasteiger partial charge >= 0.3 is 0 Å². The molecule has 114 valence electrons. The Balaban J connectivity index is 1.77. The van der Waals surface area contributed by atoms with Crippen LogP contribution in [-0.2, 0) is 0 Å². The van der Waals surface area contributed by atoms with E-state index in [4.69, 9.17) is 0 Å². The summed E-state index contributed by atoms with van der Waals surface area (Å²) in [5.74, 6) is 0.704. The second-order valence-corrected chi connectivity index (χ2v) is 5.98. The number of anilines is 2. The van der Waals surface area contributed by atoms with Gasteiger partial charge in [-0.2, -0.15) is 0 Å². The Labute approximate surface area is 136 Å². The summed E-state index contributed by atoms with van der Waals surface area (Å²) in [5.41, 5.74) is 5.14. The van der Waals surface area contributed by atoms with Gasteiger partial charge in [-0.25, -0.2) is 0 Å². The molecule has 2 heteroatoms. The summed E-state index contributed by atoms with van der Waals surface area (Å²) in [4.78, 5) is 2.40. The van der Waals surface area contributed by atoms with Crippen LogP contribution in [0.2, 0.25) is 0 Å². The molecule has 1 atom stereocenters. The molecule has 0 radical (unpaired) electrons. The summed E-state index contributed by atoms with van der Waals surface area (Å²) >= 11 is 0. The van der Waals surface area contributed by atoms with Crippen LogP contribution >= 0.6 is 0 Å². The molecule has 0 bridgehead atoms. The van der Waals surface area contributed by atoms with Crippen molar-refractivity contribution in [2.45, 2.75) is 12.3 Å². The summed E-state index contributed by atoms with van der Waals surface area (Å²) in [6.45, 7) is 0.993. The Morgan fingerprint density at radius 1 is 0.783 bits per heavy atom. The molecule has 1 heterocycles. The average molecular weight is 301 g/mol. The van der Waals surface area contributed by atoms with Crippen molar-refractivity contribution in [2.24, 2.45) is 0 Å². The number of aromatic hydroxyl groups is 1. The van der Waals surface area contributed by atoms with Crippen LogP contribution in [0.1, 0.15) is 23.5 Å². The maximum Gasteiger partial charge on any atom is 0.115 e. The first-order valence-corrected chi connectivity index (χ1v) is 8.03. The summed E-state index contributed by atoms with van der Waals surface area (Å²) in [5, 5.41) is 9.53. The summed E-state index contributed by atoms with van der Waals surface area (Å²) in [7, 11) is 0. The Bertz CT molecular complexity index is 796. The molecule has 23 heavy (non-hydrogen) atoms. The minimum Gasteiger partial charge on any atom is -0.508 e. The lowest BCUT2D eigenvalue weighted by atomic mass is 9.84. The number of rotatable bonds is 2. The highest BCUT2D eigenvalue weighted by Crippen LogP contribution is 2.42. The van der Waals surface area contributed by atoms with E-state index in [0.29, 0.717) is 11.7 Å². The first-order valence-electron chi connectivity index (χ1n) is 8.03. The van der Waals surface area contributed by atoms with Crippen LogP contribution in [0.25, 0.3) is 0 Å². The van der Waals surface area contributed by atoms with Crippen molar-refractivity contribution in [3.05, 3.63) is 90.0 Å². The second kappa shape index (κ2) is 5.81. The number of hydrogen-bond acceptors (Lipinski definition) is 2. The predicted molar refractivity (Wildman–Crippen MR) is 94.5 cm³/mol. The highest BCUT2D eigenvalue weighted by Gasteiger charge is 2.26. The Morgan fingerprint density at radius 3 is 2.26 bits per heavy atom. The zero-order valence-corrected chi connectivity index (χ0v) is 12.9. The van der Waals surface area contributed by atoms with Crippen molar-refractivity contribution in [1.82, 2.24) is 0 Å². The fourth-order valence-electron chi connectivity index (χ4n) is 3.49. The standard InChI is InChI=1S/C21H19NO/c23-18-12-10-16(11-13-18)19-14-15-22(17-6-2-1-3-7-17)21-9-5-4-8-20(19)21/h1-13,19,23H,14-15H2. The van der Waals surface area contributed by atoms with Gasteiger partial charge in [0.25, 0.3) is 0 Å². The van der Waals surface area contributed by atoms with Crippen molar-refractivity contribution in [1.29, 1.82) is 0 Å². The van der Waals surface area contributed by atoms with Crippen molar-refractivity contribution >= 4 is 11.4 Å². The van der Waals surface area contributed by atoms with E-state index in [2.05, 4.69) is 59.5 Å². The highest BCUT2D eigenvalue weighted by molar-refractivity contribution is 5.69. The number of benzene rings is 3. The van der Waals surface area contributed by atoms with Crippen molar-refractivity contribution in [3.8, 4) is 5.75 Å².